The highest BCUT2D eigenvalue weighted by Gasteiger charge is 2.21. The van der Waals surface area contributed by atoms with Gasteiger partial charge in [0.05, 0.1) is 5.56 Å². The Balaban J connectivity index is 2.11. The Bertz CT molecular complexity index is 501. The van der Waals surface area contributed by atoms with Crippen molar-refractivity contribution < 1.29 is 14.7 Å². The standard InChI is InChI=1S/C14H17NO3S/c1-19-7-5-13(16)15-6-4-10-2-3-11(14(17)18)8-12(10)9-15/h2-3,8H,4-7,9H2,1H3,(H,17,18). The molecule has 0 aromatic heterocycles. The molecule has 1 aliphatic rings. The molecule has 0 bridgehead atoms. The zero-order valence-corrected chi connectivity index (χ0v) is 11.7. The second kappa shape index (κ2) is 6.10. The van der Waals surface area contributed by atoms with Gasteiger partial charge < -0.3 is 10.0 Å². The number of amides is 1. The second-order valence-corrected chi connectivity index (χ2v) is 5.58. The van der Waals surface area contributed by atoms with Crippen LogP contribution >= 0.6 is 11.8 Å². The van der Waals surface area contributed by atoms with Crippen LogP contribution in [0, 0.1) is 0 Å². The van der Waals surface area contributed by atoms with Crippen LogP contribution in [-0.4, -0.2) is 40.4 Å². The van der Waals surface area contributed by atoms with Gasteiger partial charge in [-0.1, -0.05) is 6.07 Å². The van der Waals surface area contributed by atoms with E-state index in [-0.39, 0.29) is 11.5 Å². The van der Waals surface area contributed by atoms with Crippen molar-refractivity contribution in [2.45, 2.75) is 19.4 Å². The number of benzene rings is 1. The van der Waals surface area contributed by atoms with Crippen LogP contribution in [0.15, 0.2) is 18.2 Å². The molecule has 1 amide bonds. The molecule has 1 heterocycles. The smallest absolute Gasteiger partial charge is 0.335 e. The number of carbonyl (C=O) groups is 2. The molecule has 0 saturated heterocycles. The highest BCUT2D eigenvalue weighted by molar-refractivity contribution is 7.98. The Morgan fingerprint density at radius 1 is 1.37 bits per heavy atom. The molecule has 1 aromatic carbocycles. The summed E-state index contributed by atoms with van der Waals surface area (Å²) in [5.74, 6) is 0.0616. The molecule has 4 nitrogen and oxygen atoms in total. The number of carbonyl (C=O) groups excluding carboxylic acids is 1. The lowest BCUT2D eigenvalue weighted by atomic mass is 9.97. The molecule has 0 spiro atoms. The normalized spacial score (nSPS) is 14.1. The fourth-order valence-electron chi connectivity index (χ4n) is 2.25. The Labute approximate surface area is 116 Å². The van der Waals surface area contributed by atoms with Crippen molar-refractivity contribution in [3.63, 3.8) is 0 Å². The first-order valence-corrected chi connectivity index (χ1v) is 7.63. The summed E-state index contributed by atoms with van der Waals surface area (Å²) in [6.45, 7) is 1.26. The monoisotopic (exact) mass is 279 g/mol. The second-order valence-electron chi connectivity index (χ2n) is 4.60. The van der Waals surface area contributed by atoms with Crippen LogP contribution in [0.1, 0.15) is 27.9 Å². The van der Waals surface area contributed by atoms with Crippen LogP contribution in [0.2, 0.25) is 0 Å². The van der Waals surface area contributed by atoms with Crippen LogP contribution in [-0.2, 0) is 17.8 Å². The van der Waals surface area contributed by atoms with Gasteiger partial charge in [-0.3, -0.25) is 4.79 Å². The van der Waals surface area contributed by atoms with Crippen LogP contribution < -0.4 is 0 Å². The van der Waals surface area contributed by atoms with E-state index in [9.17, 15) is 9.59 Å². The predicted octanol–water partition coefficient (Wildman–Crippen LogP) is 2.02. The molecule has 2 rings (SSSR count). The van der Waals surface area contributed by atoms with Crippen molar-refractivity contribution in [3.8, 4) is 0 Å². The van der Waals surface area contributed by atoms with E-state index in [2.05, 4.69) is 0 Å². The van der Waals surface area contributed by atoms with E-state index in [1.165, 1.54) is 0 Å². The van der Waals surface area contributed by atoms with Gasteiger partial charge in [-0.15, -0.1) is 0 Å². The number of hydrogen-bond acceptors (Lipinski definition) is 3. The van der Waals surface area contributed by atoms with Gasteiger partial charge in [-0.05, 0) is 35.9 Å². The number of hydrogen-bond donors (Lipinski definition) is 1. The Morgan fingerprint density at radius 3 is 2.84 bits per heavy atom. The summed E-state index contributed by atoms with van der Waals surface area (Å²) < 4.78 is 0. The average molecular weight is 279 g/mol. The maximum atomic E-state index is 12.0. The van der Waals surface area contributed by atoms with Crippen LogP contribution in [0.3, 0.4) is 0 Å². The molecule has 1 N–H and O–H groups in total. The third-order valence-corrected chi connectivity index (χ3v) is 3.95. The third-order valence-electron chi connectivity index (χ3n) is 3.34. The summed E-state index contributed by atoms with van der Waals surface area (Å²) in [6, 6.07) is 5.18. The van der Waals surface area contributed by atoms with E-state index < -0.39 is 5.97 Å². The van der Waals surface area contributed by atoms with Gasteiger partial charge >= 0.3 is 5.97 Å². The van der Waals surface area contributed by atoms with Gasteiger partial charge in [-0.2, -0.15) is 11.8 Å². The summed E-state index contributed by atoms with van der Waals surface area (Å²) in [5.41, 5.74) is 2.40. The van der Waals surface area contributed by atoms with E-state index >= 15 is 0 Å². The lowest BCUT2D eigenvalue weighted by Gasteiger charge is -2.29. The lowest BCUT2D eigenvalue weighted by Crippen LogP contribution is -2.36. The van der Waals surface area contributed by atoms with Gasteiger partial charge in [0.25, 0.3) is 0 Å². The number of rotatable bonds is 4. The molecule has 0 aliphatic carbocycles. The Kier molecular flexibility index (Phi) is 4.47. The minimum atomic E-state index is -0.923. The van der Waals surface area contributed by atoms with Gasteiger partial charge in [0.2, 0.25) is 5.91 Å². The third kappa shape index (κ3) is 3.29. The first kappa shape index (κ1) is 13.9. The molecule has 0 saturated carbocycles. The van der Waals surface area contributed by atoms with Crippen molar-refractivity contribution in [2.75, 3.05) is 18.6 Å². The lowest BCUT2D eigenvalue weighted by molar-refractivity contribution is -0.131. The Hall–Kier alpha value is -1.49. The van der Waals surface area contributed by atoms with E-state index in [1.807, 2.05) is 17.2 Å². The van der Waals surface area contributed by atoms with E-state index in [0.29, 0.717) is 13.0 Å². The van der Waals surface area contributed by atoms with Crippen molar-refractivity contribution in [3.05, 3.63) is 34.9 Å². The topological polar surface area (TPSA) is 57.6 Å². The van der Waals surface area contributed by atoms with Gasteiger partial charge in [0.15, 0.2) is 0 Å². The Morgan fingerprint density at radius 2 is 2.16 bits per heavy atom. The molecule has 19 heavy (non-hydrogen) atoms. The summed E-state index contributed by atoms with van der Waals surface area (Å²) in [6.07, 6.45) is 3.34. The highest BCUT2D eigenvalue weighted by Crippen LogP contribution is 2.21. The summed E-state index contributed by atoms with van der Waals surface area (Å²) in [4.78, 5) is 24.8. The minimum absolute atomic E-state index is 0.153. The van der Waals surface area contributed by atoms with Gasteiger partial charge in [0.1, 0.15) is 0 Å². The van der Waals surface area contributed by atoms with Gasteiger partial charge in [0, 0.05) is 25.3 Å². The molecule has 0 radical (unpaired) electrons. The molecule has 1 aliphatic heterocycles. The van der Waals surface area contributed by atoms with Crippen molar-refractivity contribution in [1.82, 2.24) is 4.90 Å². The fraction of sp³-hybridized carbons (Fsp3) is 0.429. The first-order valence-electron chi connectivity index (χ1n) is 6.23. The molecular formula is C14H17NO3S. The van der Waals surface area contributed by atoms with Gasteiger partial charge in [-0.25, -0.2) is 4.79 Å². The quantitative estimate of drug-likeness (QED) is 0.916. The molecule has 102 valence electrons. The van der Waals surface area contributed by atoms with E-state index in [1.54, 1.807) is 23.9 Å². The highest BCUT2D eigenvalue weighted by atomic mass is 32.2. The number of fused-ring (bicyclic) bond motifs is 1. The van der Waals surface area contributed by atoms with Crippen LogP contribution in [0.25, 0.3) is 0 Å². The van der Waals surface area contributed by atoms with Crippen molar-refractivity contribution in [2.24, 2.45) is 0 Å². The SMILES string of the molecule is CSCCC(=O)N1CCc2ccc(C(=O)O)cc2C1. The molecule has 5 heteroatoms. The number of carboxylic acid groups (broad SMARTS) is 1. The average Bonchev–Trinajstić information content (AvgIpc) is 2.43. The zero-order valence-electron chi connectivity index (χ0n) is 10.9. The molecular weight excluding hydrogens is 262 g/mol. The summed E-state index contributed by atoms with van der Waals surface area (Å²) in [7, 11) is 0. The number of aromatic carboxylic acids is 1. The van der Waals surface area contributed by atoms with Crippen molar-refractivity contribution >= 4 is 23.6 Å². The minimum Gasteiger partial charge on any atom is -0.478 e. The summed E-state index contributed by atoms with van der Waals surface area (Å²) in [5, 5.41) is 8.99. The molecule has 0 atom stereocenters. The number of thioether (sulfide) groups is 1. The van der Waals surface area contributed by atoms with Crippen LogP contribution in [0.4, 0.5) is 0 Å². The number of nitrogens with zero attached hydrogens (tertiary/aromatic N) is 1. The predicted molar refractivity (Wildman–Crippen MR) is 75.5 cm³/mol. The number of carboxylic acids is 1. The fourth-order valence-corrected chi connectivity index (χ4v) is 2.63. The molecule has 1 aromatic rings. The van der Waals surface area contributed by atoms with Crippen LogP contribution in [0.5, 0.6) is 0 Å². The summed E-state index contributed by atoms with van der Waals surface area (Å²) >= 11 is 1.66. The zero-order chi connectivity index (χ0) is 13.8. The largest absolute Gasteiger partial charge is 0.478 e. The molecule has 0 fully saturated rings. The van der Waals surface area contributed by atoms with E-state index in [4.69, 9.17) is 5.11 Å². The first-order chi connectivity index (χ1) is 9.11. The maximum absolute atomic E-state index is 12.0. The molecule has 0 unspecified atom stereocenters. The maximum Gasteiger partial charge on any atom is 0.335 e. The van der Waals surface area contributed by atoms with E-state index in [0.717, 1.165) is 29.8 Å². The van der Waals surface area contributed by atoms with Crippen molar-refractivity contribution in [1.29, 1.82) is 0 Å².